The van der Waals surface area contributed by atoms with E-state index in [4.69, 9.17) is 4.74 Å². The molecule has 0 bridgehead atoms. The van der Waals surface area contributed by atoms with Gasteiger partial charge in [0.05, 0.1) is 5.56 Å². The number of benzene rings is 3. The zero-order chi connectivity index (χ0) is 22.3. The lowest BCUT2D eigenvalue weighted by Crippen LogP contribution is -2.38. The molecule has 0 spiro atoms. The number of nitrogens with zero attached hydrogens (tertiary/aromatic N) is 1. The van der Waals surface area contributed by atoms with Crippen molar-refractivity contribution in [3.63, 3.8) is 0 Å². The van der Waals surface area contributed by atoms with Gasteiger partial charge >= 0.3 is 5.97 Å². The average Bonchev–Trinajstić information content (AvgIpc) is 3.36. The molecule has 5 nitrogen and oxygen atoms in total. The van der Waals surface area contributed by atoms with Crippen molar-refractivity contribution in [3.05, 3.63) is 83.4 Å². The molecule has 4 rings (SSSR count). The van der Waals surface area contributed by atoms with Crippen LogP contribution < -0.4 is 10.1 Å². The fraction of sp³-hybridized carbons (Fsp3) is 0.296. The first-order chi connectivity index (χ1) is 15.6. The minimum atomic E-state index is -0.911. The van der Waals surface area contributed by atoms with Crippen LogP contribution in [0.5, 0.6) is 5.75 Å². The van der Waals surface area contributed by atoms with Crippen LogP contribution in [0.15, 0.2) is 72.3 Å². The second-order valence-electron chi connectivity index (χ2n) is 8.21. The smallest absolute Gasteiger partial charge is 0.335 e. The van der Waals surface area contributed by atoms with E-state index in [0.29, 0.717) is 18.2 Å². The minimum Gasteiger partial charge on any atom is -0.489 e. The fourth-order valence-corrected chi connectivity index (χ4v) is 4.29. The molecule has 1 unspecified atom stereocenters. The zero-order valence-electron chi connectivity index (χ0n) is 18.5. The molecule has 2 N–H and O–H groups in total. The van der Waals surface area contributed by atoms with Gasteiger partial charge in [0.1, 0.15) is 12.4 Å². The Kier molecular flexibility index (Phi) is 7.20. The molecule has 1 saturated heterocycles. The molecule has 3 aromatic carbocycles. The van der Waals surface area contributed by atoms with Gasteiger partial charge in [-0.2, -0.15) is 0 Å². The number of likely N-dealkylation sites (N-methyl/N-ethyl adjacent to an activating group) is 1. The highest BCUT2D eigenvalue weighted by atomic mass is 16.5. The topological polar surface area (TPSA) is 61.8 Å². The Bertz CT molecular complexity index is 1080. The SMILES string of the molecule is CCN(C/C(=C\c1ccc(C(=O)O)cc1)COc1cccc2ccccc12)C1CCNC1. The van der Waals surface area contributed by atoms with Crippen molar-refractivity contribution in [2.75, 3.05) is 32.8 Å². The van der Waals surface area contributed by atoms with Gasteiger partial charge in [0.15, 0.2) is 0 Å². The number of fused-ring (bicyclic) bond motifs is 1. The van der Waals surface area contributed by atoms with Crippen LogP contribution in [0.4, 0.5) is 0 Å². The van der Waals surface area contributed by atoms with Crippen LogP contribution in [0.25, 0.3) is 16.8 Å². The second-order valence-corrected chi connectivity index (χ2v) is 8.21. The molecule has 5 heteroatoms. The van der Waals surface area contributed by atoms with E-state index in [9.17, 15) is 9.90 Å². The average molecular weight is 431 g/mol. The van der Waals surface area contributed by atoms with E-state index in [1.165, 1.54) is 0 Å². The van der Waals surface area contributed by atoms with Crippen molar-refractivity contribution in [3.8, 4) is 5.75 Å². The number of hydrogen-bond acceptors (Lipinski definition) is 4. The molecule has 3 aromatic rings. The molecule has 0 amide bonds. The number of hydrogen-bond donors (Lipinski definition) is 2. The van der Waals surface area contributed by atoms with Crippen molar-refractivity contribution < 1.29 is 14.6 Å². The minimum absolute atomic E-state index is 0.294. The maximum Gasteiger partial charge on any atom is 0.335 e. The summed E-state index contributed by atoms with van der Waals surface area (Å²) in [5, 5.41) is 14.9. The fourth-order valence-electron chi connectivity index (χ4n) is 4.29. The summed E-state index contributed by atoms with van der Waals surface area (Å²) in [5.74, 6) is -0.0354. The lowest BCUT2D eigenvalue weighted by atomic mass is 10.1. The second kappa shape index (κ2) is 10.4. The standard InChI is InChI=1S/C27H30N2O3/c1-2-29(24-14-15-28-17-24)18-21(16-20-10-12-23(13-11-20)27(30)31)19-32-26-9-5-7-22-6-3-4-8-25(22)26/h3-13,16,24,28H,2,14-15,17-19H2,1H3,(H,30,31)/b21-16+. The van der Waals surface area contributed by atoms with Crippen molar-refractivity contribution in [2.24, 2.45) is 0 Å². The van der Waals surface area contributed by atoms with Crippen molar-refractivity contribution in [1.29, 1.82) is 0 Å². The van der Waals surface area contributed by atoms with E-state index in [0.717, 1.165) is 60.3 Å². The van der Waals surface area contributed by atoms with Crippen LogP contribution in [0.2, 0.25) is 0 Å². The van der Waals surface area contributed by atoms with Crippen LogP contribution >= 0.6 is 0 Å². The van der Waals surface area contributed by atoms with E-state index in [1.807, 2.05) is 36.4 Å². The zero-order valence-corrected chi connectivity index (χ0v) is 18.5. The van der Waals surface area contributed by atoms with Crippen LogP contribution in [-0.2, 0) is 0 Å². The van der Waals surface area contributed by atoms with Gasteiger partial charge in [0.2, 0.25) is 0 Å². The molecule has 32 heavy (non-hydrogen) atoms. The Hall–Kier alpha value is -3.15. The Morgan fingerprint density at radius 1 is 1.12 bits per heavy atom. The molecule has 1 heterocycles. The van der Waals surface area contributed by atoms with Crippen LogP contribution in [0, 0.1) is 0 Å². The van der Waals surface area contributed by atoms with Crippen molar-refractivity contribution in [1.82, 2.24) is 10.2 Å². The molecule has 0 aliphatic carbocycles. The van der Waals surface area contributed by atoms with Crippen LogP contribution in [0.3, 0.4) is 0 Å². The number of carboxylic acids is 1. The van der Waals surface area contributed by atoms with Gasteiger partial charge in [-0.1, -0.05) is 61.5 Å². The van der Waals surface area contributed by atoms with E-state index in [1.54, 1.807) is 12.1 Å². The molecular formula is C27H30N2O3. The summed E-state index contributed by atoms with van der Waals surface area (Å²) >= 11 is 0. The van der Waals surface area contributed by atoms with Gasteiger partial charge in [-0.25, -0.2) is 4.79 Å². The highest BCUT2D eigenvalue weighted by Gasteiger charge is 2.22. The summed E-state index contributed by atoms with van der Waals surface area (Å²) < 4.78 is 6.32. The van der Waals surface area contributed by atoms with Crippen molar-refractivity contribution in [2.45, 2.75) is 19.4 Å². The third kappa shape index (κ3) is 5.36. The summed E-state index contributed by atoms with van der Waals surface area (Å²) in [4.78, 5) is 13.7. The third-order valence-corrected chi connectivity index (χ3v) is 6.05. The molecule has 1 aliphatic heterocycles. The number of aromatic carboxylic acids is 1. The Labute approximate surface area is 189 Å². The first-order valence-electron chi connectivity index (χ1n) is 11.2. The van der Waals surface area contributed by atoms with Gasteiger partial charge in [-0.05, 0) is 54.2 Å². The normalized spacial score (nSPS) is 16.6. The van der Waals surface area contributed by atoms with Gasteiger partial charge < -0.3 is 15.2 Å². The molecule has 0 radical (unpaired) electrons. The molecular weight excluding hydrogens is 400 g/mol. The van der Waals surface area contributed by atoms with E-state index in [-0.39, 0.29) is 0 Å². The largest absolute Gasteiger partial charge is 0.489 e. The summed E-state index contributed by atoms with van der Waals surface area (Å²) in [6.07, 6.45) is 3.28. The van der Waals surface area contributed by atoms with Gasteiger partial charge in [0.25, 0.3) is 0 Å². The van der Waals surface area contributed by atoms with E-state index < -0.39 is 5.97 Å². The molecule has 1 fully saturated rings. The number of nitrogens with one attached hydrogen (secondary N) is 1. The first-order valence-corrected chi connectivity index (χ1v) is 11.2. The third-order valence-electron chi connectivity index (χ3n) is 6.05. The van der Waals surface area contributed by atoms with Crippen LogP contribution in [0.1, 0.15) is 29.3 Å². The monoisotopic (exact) mass is 430 g/mol. The van der Waals surface area contributed by atoms with Crippen molar-refractivity contribution >= 4 is 22.8 Å². The number of carbonyl (C=O) groups is 1. The van der Waals surface area contributed by atoms with E-state index >= 15 is 0 Å². The molecule has 1 atom stereocenters. The predicted octanol–water partition coefficient (Wildman–Crippen LogP) is 4.68. The van der Waals surface area contributed by atoms with Crippen LogP contribution in [-0.4, -0.2) is 54.8 Å². The summed E-state index contributed by atoms with van der Waals surface area (Å²) in [5.41, 5.74) is 2.43. The number of ether oxygens (including phenoxy) is 1. The lowest BCUT2D eigenvalue weighted by molar-refractivity contribution is 0.0697. The summed E-state index contributed by atoms with van der Waals surface area (Å²) in [6, 6.07) is 21.9. The van der Waals surface area contributed by atoms with Gasteiger partial charge in [-0.3, -0.25) is 4.90 Å². The Balaban J connectivity index is 1.57. The summed E-state index contributed by atoms with van der Waals surface area (Å²) in [6.45, 7) is 6.53. The maximum atomic E-state index is 11.2. The van der Waals surface area contributed by atoms with Gasteiger partial charge in [0, 0.05) is 24.5 Å². The predicted molar refractivity (Wildman–Crippen MR) is 129 cm³/mol. The first kappa shape index (κ1) is 22.1. The highest BCUT2D eigenvalue weighted by molar-refractivity contribution is 5.88. The van der Waals surface area contributed by atoms with Gasteiger partial charge in [-0.15, -0.1) is 0 Å². The number of rotatable bonds is 9. The van der Waals surface area contributed by atoms with E-state index in [2.05, 4.69) is 41.4 Å². The Morgan fingerprint density at radius 2 is 1.91 bits per heavy atom. The number of carboxylic acid groups (broad SMARTS) is 1. The Morgan fingerprint density at radius 3 is 2.62 bits per heavy atom. The molecule has 0 aromatic heterocycles. The maximum absolute atomic E-state index is 11.2. The molecule has 166 valence electrons. The lowest BCUT2D eigenvalue weighted by Gasteiger charge is -2.28. The molecule has 1 aliphatic rings. The quantitative estimate of drug-likeness (QED) is 0.516. The summed E-state index contributed by atoms with van der Waals surface area (Å²) in [7, 11) is 0. The highest BCUT2D eigenvalue weighted by Crippen LogP contribution is 2.26. The molecule has 0 saturated carbocycles.